The first-order chi connectivity index (χ1) is 13.5. The highest BCUT2D eigenvalue weighted by molar-refractivity contribution is 7.15. The maximum absolute atomic E-state index is 14.1. The van der Waals surface area contributed by atoms with Crippen LogP contribution in [0, 0.1) is 5.82 Å². The van der Waals surface area contributed by atoms with Crippen molar-refractivity contribution in [2.45, 2.75) is 39.4 Å². The van der Waals surface area contributed by atoms with Crippen LogP contribution in [0.25, 0.3) is 10.4 Å². The Morgan fingerprint density at radius 1 is 1.28 bits per heavy atom. The molecule has 1 aromatic carbocycles. The van der Waals surface area contributed by atoms with E-state index in [0.717, 1.165) is 34.0 Å². The molecule has 1 aliphatic heterocycles. The summed E-state index contributed by atoms with van der Waals surface area (Å²) in [6, 6.07) is 10.7. The third-order valence-electron chi connectivity index (χ3n) is 5.02. The van der Waals surface area contributed by atoms with Crippen LogP contribution in [0.4, 0.5) is 4.39 Å². The molecule has 3 aromatic rings. The minimum atomic E-state index is -0.233. The van der Waals surface area contributed by atoms with E-state index < -0.39 is 0 Å². The Kier molecular flexibility index (Phi) is 6.72. The molecule has 0 aliphatic carbocycles. The molecule has 154 valence electrons. The molecule has 5 nitrogen and oxygen atoms in total. The lowest BCUT2D eigenvalue weighted by Crippen LogP contribution is -2.37. The molecule has 0 atom stereocenters. The van der Waals surface area contributed by atoms with Gasteiger partial charge in [0.05, 0.1) is 6.54 Å². The van der Waals surface area contributed by atoms with E-state index in [0.29, 0.717) is 24.3 Å². The summed E-state index contributed by atoms with van der Waals surface area (Å²) in [4.78, 5) is 16.9. The molecule has 4 rings (SSSR count). The summed E-state index contributed by atoms with van der Waals surface area (Å²) in [7, 11) is 0. The number of nitrogens with zero attached hydrogens (tertiary/aromatic N) is 2. The first kappa shape index (κ1) is 21.5. The number of aromatic amines is 1. The van der Waals surface area contributed by atoms with Crippen molar-refractivity contribution in [3.63, 3.8) is 0 Å². The fraction of sp³-hybridized carbons (Fsp3) is 0.333. The second-order valence-electron chi connectivity index (χ2n) is 7.23. The standard InChI is InChI=1S/C21H23FN4OS.ClH/c1-13(2)26(21(27)20-16-11-23-10-9-18(16)24-25-20)12-14-7-8-19(28-14)15-5-3-4-6-17(15)22;/h3-8,13,23H,9-12H2,1-2H3,(H,24,25);1H. The topological polar surface area (TPSA) is 61.0 Å². The molecular weight excluding hydrogens is 411 g/mol. The van der Waals surface area contributed by atoms with Crippen molar-refractivity contribution in [1.82, 2.24) is 20.4 Å². The van der Waals surface area contributed by atoms with Gasteiger partial charge >= 0.3 is 0 Å². The van der Waals surface area contributed by atoms with Crippen LogP contribution >= 0.6 is 23.7 Å². The van der Waals surface area contributed by atoms with Crippen molar-refractivity contribution >= 4 is 29.7 Å². The summed E-state index contributed by atoms with van der Waals surface area (Å²) in [5.41, 5.74) is 3.11. The summed E-state index contributed by atoms with van der Waals surface area (Å²) >= 11 is 1.51. The van der Waals surface area contributed by atoms with Crippen LogP contribution in [-0.2, 0) is 19.5 Å². The second-order valence-corrected chi connectivity index (χ2v) is 8.40. The van der Waals surface area contributed by atoms with Gasteiger partial charge < -0.3 is 10.2 Å². The fourth-order valence-corrected chi connectivity index (χ4v) is 4.50. The molecule has 0 spiro atoms. The number of amides is 1. The number of rotatable bonds is 5. The average molecular weight is 435 g/mol. The number of benzene rings is 1. The third kappa shape index (κ3) is 4.37. The van der Waals surface area contributed by atoms with E-state index >= 15 is 0 Å². The molecule has 3 heterocycles. The van der Waals surface area contributed by atoms with Gasteiger partial charge in [0, 0.05) is 52.1 Å². The van der Waals surface area contributed by atoms with E-state index in [-0.39, 0.29) is 30.2 Å². The minimum Gasteiger partial charge on any atom is -0.330 e. The van der Waals surface area contributed by atoms with Crippen molar-refractivity contribution in [3.05, 3.63) is 64.0 Å². The highest BCUT2D eigenvalue weighted by atomic mass is 35.5. The Morgan fingerprint density at radius 2 is 2.07 bits per heavy atom. The SMILES string of the molecule is CC(C)N(Cc1ccc(-c2ccccc2F)s1)C(=O)c1n[nH]c2c1CNCC2.Cl. The highest BCUT2D eigenvalue weighted by Crippen LogP contribution is 2.31. The molecule has 0 bridgehead atoms. The van der Waals surface area contributed by atoms with Crippen molar-refractivity contribution in [2.24, 2.45) is 0 Å². The van der Waals surface area contributed by atoms with Crippen LogP contribution < -0.4 is 5.32 Å². The predicted molar refractivity (Wildman–Crippen MR) is 116 cm³/mol. The first-order valence-corrected chi connectivity index (χ1v) is 10.3. The van der Waals surface area contributed by atoms with E-state index in [1.807, 2.05) is 36.9 Å². The third-order valence-corrected chi connectivity index (χ3v) is 6.12. The monoisotopic (exact) mass is 434 g/mol. The van der Waals surface area contributed by atoms with Crippen molar-refractivity contribution < 1.29 is 9.18 Å². The Balaban J connectivity index is 0.00000240. The molecule has 2 N–H and O–H groups in total. The smallest absolute Gasteiger partial charge is 0.275 e. The van der Waals surface area contributed by atoms with Crippen molar-refractivity contribution in [2.75, 3.05) is 6.54 Å². The second kappa shape index (κ2) is 9.07. The molecular formula is C21H24ClFN4OS. The van der Waals surface area contributed by atoms with Crippen molar-refractivity contribution in [1.29, 1.82) is 0 Å². The number of carbonyl (C=O) groups excluding carboxylic acids is 1. The predicted octanol–water partition coefficient (Wildman–Crippen LogP) is 4.40. The van der Waals surface area contributed by atoms with Gasteiger partial charge in [0.15, 0.2) is 5.69 Å². The molecule has 29 heavy (non-hydrogen) atoms. The fourth-order valence-electron chi connectivity index (χ4n) is 3.46. The molecule has 0 saturated heterocycles. The number of fused-ring (bicyclic) bond motifs is 1. The van der Waals surface area contributed by atoms with Gasteiger partial charge in [0.25, 0.3) is 5.91 Å². The van der Waals surface area contributed by atoms with Crippen LogP contribution in [0.3, 0.4) is 0 Å². The highest BCUT2D eigenvalue weighted by Gasteiger charge is 2.27. The van der Waals surface area contributed by atoms with E-state index in [1.165, 1.54) is 17.4 Å². The average Bonchev–Trinajstić information content (AvgIpc) is 3.33. The molecule has 0 unspecified atom stereocenters. The molecule has 0 fully saturated rings. The lowest BCUT2D eigenvalue weighted by atomic mass is 10.1. The summed E-state index contributed by atoms with van der Waals surface area (Å²) in [5, 5.41) is 10.6. The van der Waals surface area contributed by atoms with Gasteiger partial charge in [-0.25, -0.2) is 4.39 Å². The van der Waals surface area contributed by atoms with E-state index in [2.05, 4.69) is 15.5 Å². The molecule has 0 saturated carbocycles. The van der Waals surface area contributed by atoms with Gasteiger partial charge in [-0.05, 0) is 32.0 Å². The first-order valence-electron chi connectivity index (χ1n) is 9.46. The van der Waals surface area contributed by atoms with E-state index in [4.69, 9.17) is 0 Å². The zero-order chi connectivity index (χ0) is 19.7. The maximum Gasteiger partial charge on any atom is 0.275 e. The summed E-state index contributed by atoms with van der Waals surface area (Å²) in [6.07, 6.45) is 0.855. The Bertz CT molecular complexity index is 1000. The quantitative estimate of drug-likeness (QED) is 0.625. The number of hydrogen-bond donors (Lipinski definition) is 2. The van der Waals surface area contributed by atoms with Gasteiger partial charge in [-0.2, -0.15) is 5.10 Å². The number of carbonyl (C=O) groups is 1. The number of thiophene rings is 1. The van der Waals surface area contributed by atoms with Gasteiger partial charge in [-0.3, -0.25) is 9.89 Å². The molecule has 1 aliphatic rings. The van der Waals surface area contributed by atoms with Gasteiger partial charge in [0.2, 0.25) is 0 Å². The zero-order valence-corrected chi connectivity index (χ0v) is 18.0. The molecule has 2 aromatic heterocycles. The molecule has 8 heteroatoms. The maximum atomic E-state index is 14.1. The minimum absolute atomic E-state index is 0. The van der Waals surface area contributed by atoms with E-state index in [1.54, 1.807) is 12.1 Å². The largest absolute Gasteiger partial charge is 0.330 e. The summed E-state index contributed by atoms with van der Waals surface area (Å²) in [5.74, 6) is -0.305. The summed E-state index contributed by atoms with van der Waals surface area (Å²) < 4.78 is 14.1. The van der Waals surface area contributed by atoms with Gasteiger partial charge in [-0.1, -0.05) is 18.2 Å². The van der Waals surface area contributed by atoms with Crippen LogP contribution in [0.15, 0.2) is 36.4 Å². The van der Waals surface area contributed by atoms with Crippen LogP contribution in [-0.4, -0.2) is 33.6 Å². The Morgan fingerprint density at radius 3 is 2.83 bits per heavy atom. The Labute approximate surface area is 179 Å². The number of halogens is 2. The number of hydrogen-bond acceptors (Lipinski definition) is 4. The lowest BCUT2D eigenvalue weighted by molar-refractivity contribution is 0.0685. The lowest BCUT2D eigenvalue weighted by Gasteiger charge is -2.26. The number of aromatic nitrogens is 2. The normalized spacial score (nSPS) is 13.1. The van der Waals surface area contributed by atoms with Gasteiger partial charge in [-0.15, -0.1) is 23.7 Å². The van der Waals surface area contributed by atoms with Crippen LogP contribution in [0.2, 0.25) is 0 Å². The molecule has 1 amide bonds. The van der Waals surface area contributed by atoms with Crippen LogP contribution in [0.5, 0.6) is 0 Å². The summed E-state index contributed by atoms with van der Waals surface area (Å²) in [6.45, 7) is 6.03. The van der Waals surface area contributed by atoms with Crippen LogP contribution in [0.1, 0.15) is 40.5 Å². The number of H-pyrrole nitrogens is 1. The molecule has 0 radical (unpaired) electrons. The number of nitrogens with one attached hydrogen (secondary N) is 2. The zero-order valence-electron chi connectivity index (χ0n) is 16.4. The Hall–Kier alpha value is -2.22. The van der Waals surface area contributed by atoms with E-state index in [9.17, 15) is 9.18 Å². The van der Waals surface area contributed by atoms with Crippen molar-refractivity contribution in [3.8, 4) is 10.4 Å². The van der Waals surface area contributed by atoms with Gasteiger partial charge in [0.1, 0.15) is 5.82 Å².